The molecular formula is C18H24N4O3S. The van der Waals surface area contributed by atoms with Crippen LogP contribution >= 0.6 is 11.8 Å². The van der Waals surface area contributed by atoms with Crippen LogP contribution in [0.4, 0.5) is 0 Å². The Morgan fingerprint density at radius 2 is 2.08 bits per heavy atom. The van der Waals surface area contributed by atoms with Crippen molar-refractivity contribution < 1.29 is 14.0 Å². The Kier molecular flexibility index (Phi) is 6.79. The highest BCUT2D eigenvalue weighted by atomic mass is 32.2. The molecule has 0 unspecified atom stereocenters. The Bertz CT molecular complexity index is 775. The molecule has 0 aliphatic carbocycles. The van der Waals surface area contributed by atoms with Gasteiger partial charge in [0.05, 0.1) is 24.1 Å². The number of rotatable bonds is 7. The van der Waals surface area contributed by atoms with E-state index in [0.717, 1.165) is 0 Å². The van der Waals surface area contributed by atoms with Crippen molar-refractivity contribution in [1.82, 2.24) is 20.2 Å². The van der Waals surface area contributed by atoms with Crippen molar-refractivity contribution in [2.24, 2.45) is 0 Å². The van der Waals surface area contributed by atoms with Gasteiger partial charge >= 0.3 is 0 Å². The number of hydrogen-bond donors (Lipinski definition) is 1. The monoisotopic (exact) mass is 376 g/mol. The number of aryl methyl sites for hydroxylation is 1. The topological polar surface area (TPSA) is 88.3 Å². The summed E-state index contributed by atoms with van der Waals surface area (Å²) in [4.78, 5) is 35.5. The highest BCUT2D eigenvalue weighted by Gasteiger charge is 2.25. The van der Waals surface area contributed by atoms with Gasteiger partial charge in [-0.15, -0.1) is 11.8 Å². The number of carbonyl (C=O) groups excluding carboxylic acids is 2. The summed E-state index contributed by atoms with van der Waals surface area (Å²) in [7, 11) is 0. The Hall–Kier alpha value is -2.35. The number of aromatic nitrogens is 2. The van der Waals surface area contributed by atoms with Crippen molar-refractivity contribution in [2.45, 2.75) is 38.8 Å². The van der Waals surface area contributed by atoms with E-state index in [1.54, 1.807) is 25.3 Å². The molecule has 0 atom stereocenters. The zero-order valence-corrected chi connectivity index (χ0v) is 16.5. The van der Waals surface area contributed by atoms with E-state index in [1.807, 2.05) is 27.0 Å². The van der Waals surface area contributed by atoms with Crippen molar-refractivity contribution in [2.75, 3.05) is 19.3 Å². The van der Waals surface area contributed by atoms with Crippen molar-refractivity contribution in [3.05, 3.63) is 29.7 Å². The molecule has 2 aromatic heterocycles. The molecule has 0 bridgehead atoms. The molecule has 0 saturated carbocycles. The predicted molar refractivity (Wildman–Crippen MR) is 101 cm³/mol. The molecular weight excluding hydrogens is 352 g/mol. The van der Waals surface area contributed by atoms with E-state index in [2.05, 4.69) is 15.3 Å². The zero-order valence-electron chi connectivity index (χ0n) is 15.7. The average Bonchev–Trinajstić information content (AvgIpc) is 3.12. The summed E-state index contributed by atoms with van der Waals surface area (Å²) >= 11 is 1.37. The van der Waals surface area contributed by atoms with Crippen LogP contribution in [0, 0.1) is 6.92 Å². The second-order valence-corrected chi connectivity index (χ2v) is 6.83. The minimum absolute atomic E-state index is 0.000704. The van der Waals surface area contributed by atoms with Gasteiger partial charge < -0.3 is 14.6 Å². The minimum Gasteiger partial charge on any atom is -0.461 e. The number of nitrogens with zero attached hydrogens (tertiary/aromatic N) is 3. The van der Waals surface area contributed by atoms with Crippen LogP contribution in [-0.4, -0.2) is 52.1 Å². The van der Waals surface area contributed by atoms with Crippen molar-refractivity contribution in [3.63, 3.8) is 0 Å². The lowest BCUT2D eigenvalue weighted by molar-refractivity contribution is -0.122. The summed E-state index contributed by atoms with van der Waals surface area (Å²) in [5, 5.41) is 3.37. The summed E-state index contributed by atoms with van der Waals surface area (Å²) in [6.45, 7) is 7.79. The molecule has 26 heavy (non-hydrogen) atoms. The summed E-state index contributed by atoms with van der Waals surface area (Å²) in [6, 6.07) is 3.56. The van der Waals surface area contributed by atoms with Crippen molar-refractivity contribution >= 4 is 23.6 Å². The van der Waals surface area contributed by atoms with Crippen molar-refractivity contribution in [3.8, 4) is 11.6 Å². The van der Waals surface area contributed by atoms with Gasteiger partial charge in [0.1, 0.15) is 5.03 Å². The molecule has 0 spiro atoms. The van der Waals surface area contributed by atoms with E-state index < -0.39 is 0 Å². The second kappa shape index (κ2) is 8.84. The SMILES string of the molecule is CCN(CC(=O)NC(C)C)C(=O)c1c(C)nc(-c2ccco2)nc1SC. The zero-order chi connectivity index (χ0) is 19.3. The first-order valence-corrected chi connectivity index (χ1v) is 9.65. The minimum atomic E-state index is -0.251. The number of amides is 2. The lowest BCUT2D eigenvalue weighted by Gasteiger charge is -2.22. The van der Waals surface area contributed by atoms with E-state index in [9.17, 15) is 9.59 Å². The highest BCUT2D eigenvalue weighted by molar-refractivity contribution is 7.98. The normalized spacial score (nSPS) is 10.8. The van der Waals surface area contributed by atoms with Gasteiger partial charge in [0, 0.05) is 12.6 Å². The number of hydrogen-bond acceptors (Lipinski definition) is 6. The molecule has 0 aliphatic heterocycles. The number of furan rings is 1. The molecule has 0 fully saturated rings. The molecule has 2 amide bonds. The fourth-order valence-corrected chi connectivity index (χ4v) is 3.10. The number of carbonyl (C=O) groups is 2. The van der Waals surface area contributed by atoms with Gasteiger partial charge in [-0.1, -0.05) is 0 Å². The molecule has 7 nitrogen and oxygen atoms in total. The molecule has 140 valence electrons. The Balaban J connectivity index is 2.33. The quantitative estimate of drug-likeness (QED) is 0.590. The smallest absolute Gasteiger partial charge is 0.258 e. The maximum absolute atomic E-state index is 13.0. The van der Waals surface area contributed by atoms with Crippen LogP contribution in [0.3, 0.4) is 0 Å². The first-order chi connectivity index (χ1) is 12.4. The third kappa shape index (κ3) is 4.63. The first-order valence-electron chi connectivity index (χ1n) is 8.42. The molecule has 2 aromatic rings. The standard InChI is InChI=1S/C18H24N4O3S/c1-6-22(10-14(23)19-11(2)3)18(24)15-12(4)20-16(21-17(15)26-5)13-8-7-9-25-13/h7-9,11H,6,10H2,1-5H3,(H,19,23). The number of thioether (sulfide) groups is 1. The van der Waals surface area contributed by atoms with Crippen LogP contribution < -0.4 is 5.32 Å². The second-order valence-electron chi connectivity index (χ2n) is 6.04. The molecule has 2 heterocycles. The molecule has 0 radical (unpaired) electrons. The van der Waals surface area contributed by atoms with Crippen molar-refractivity contribution in [1.29, 1.82) is 0 Å². The van der Waals surface area contributed by atoms with Crippen LogP contribution in [0.1, 0.15) is 36.8 Å². The predicted octanol–water partition coefficient (Wildman–Crippen LogP) is 2.75. The summed E-state index contributed by atoms with van der Waals surface area (Å²) in [5.41, 5.74) is 0.982. The highest BCUT2D eigenvalue weighted by Crippen LogP contribution is 2.26. The van der Waals surface area contributed by atoms with Gasteiger partial charge in [0.25, 0.3) is 5.91 Å². The Morgan fingerprint density at radius 1 is 1.35 bits per heavy atom. The van der Waals surface area contributed by atoms with E-state index in [-0.39, 0.29) is 24.4 Å². The summed E-state index contributed by atoms with van der Waals surface area (Å²) < 4.78 is 5.35. The third-order valence-corrected chi connectivity index (χ3v) is 4.34. The van der Waals surface area contributed by atoms with Gasteiger partial charge in [-0.2, -0.15) is 0 Å². The lowest BCUT2D eigenvalue weighted by atomic mass is 10.2. The van der Waals surface area contributed by atoms with Gasteiger partial charge in [0.2, 0.25) is 5.91 Å². The number of nitrogens with one attached hydrogen (secondary N) is 1. The van der Waals surface area contributed by atoms with E-state index in [4.69, 9.17) is 4.42 Å². The van der Waals surface area contributed by atoms with Gasteiger partial charge in [-0.25, -0.2) is 9.97 Å². The average molecular weight is 376 g/mol. The molecule has 2 rings (SSSR count). The van der Waals surface area contributed by atoms with Crippen LogP contribution in [0.15, 0.2) is 27.8 Å². The molecule has 0 aliphatic rings. The lowest BCUT2D eigenvalue weighted by Crippen LogP contribution is -2.43. The van der Waals surface area contributed by atoms with E-state index >= 15 is 0 Å². The Labute approximate surface area is 157 Å². The Morgan fingerprint density at radius 3 is 2.62 bits per heavy atom. The maximum Gasteiger partial charge on any atom is 0.258 e. The molecule has 0 saturated heterocycles. The largest absolute Gasteiger partial charge is 0.461 e. The van der Waals surface area contributed by atoms with Crippen LogP contribution in [0.2, 0.25) is 0 Å². The van der Waals surface area contributed by atoms with Gasteiger partial charge in [-0.05, 0) is 46.1 Å². The molecule has 1 N–H and O–H groups in total. The number of likely N-dealkylation sites (N-methyl/N-ethyl adjacent to an activating group) is 1. The third-order valence-electron chi connectivity index (χ3n) is 3.66. The maximum atomic E-state index is 13.0. The summed E-state index contributed by atoms with van der Waals surface area (Å²) in [5.74, 6) is 0.547. The van der Waals surface area contributed by atoms with Crippen LogP contribution in [0.5, 0.6) is 0 Å². The van der Waals surface area contributed by atoms with E-state index in [1.165, 1.54) is 16.7 Å². The molecule has 8 heteroatoms. The van der Waals surface area contributed by atoms with Crippen LogP contribution in [0.25, 0.3) is 11.6 Å². The van der Waals surface area contributed by atoms with Crippen LogP contribution in [-0.2, 0) is 4.79 Å². The summed E-state index contributed by atoms with van der Waals surface area (Å²) in [6.07, 6.45) is 3.41. The molecule has 0 aromatic carbocycles. The van der Waals surface area contributed by atoms with Gasteiger partial charge in [-0.3, -0.25) is 9.59 Å². The fraction of sp³-hybridized carbons (Fsp3) is 0.444. The van der Waals surface area contributed by atoms with Gasteiger partial charge in [0.15, 0.2) is 11.6 Å². The van der Waals surface area contributed by atoms with E-state index in [0.29, 0.717) is 34.4 Å². The first kappa shape index (κ1) is 20.0. The fourth-order valence-electron chi connectivity index (χ4n) is 2.48.